The van der Waals surface area contributed by atoms with Gasteiger partial charge in [-0.2, -0.15) is 0 Å². The molecule has 3 amide bonds. The Balaban J connectivity index is 1.19. The van der Waals surface area contributed by atoms with E-state index in [1.807, 2.05) is 32.2 Å². The number of hydrogen-bond donors (Lipinski definition) is 3. The average molecular weight is 874 g/mol. The quantitative estimate of drug-likeness (QED) is 0.154. The average Bonchev–Trinajstić information content (AvgIpc) is 3.92. The number of amides is 3. The highest BCUT2D eigenvalue weighted by Crippen LogP contribution is 2.42. The molecule has 13 nitrogen and oxygen atoms in total. The van der Waals surface area contributed by atoms with Gasteiger partial charge in [0.05, 0.1) is 23.9 Å². The third-order valence-corrected chi connectivity index (χ3v) is 13.8. The Morgan fingerprint density at radius 3 is 2.52 bits per heavy atom. The molecule has 64 heavy (non-hydrogen) atoms. The number of benzene rings is 2. The van der Waals surface area contributed by atoms with Crippen LogP contribution < -0.4 is 10.7 Å². The summed E-state index contributed by atoms with van der Waals surface area (Å²) in [6, 6.07) is 13.7. The van der Waals surface area contributed by atoms with Crippen molar-refractivity contribution in [3.63, 3.8) is 0 Å². The fraction of sp³-hybridized carbons (Fsp3) is 0.549. The van der Waals surface area contributed by atoms with Gasteiger partial charge in [-0.05, 0) is 122 Å². The van der Waals surface area contributed by atoms with Gasteiger partial charge in [-0.25, -0.2) is 5.43 Å². The maximum atomic E-state index is 14.7. The summed E-state index contributed by atoms with van der Waals surface area (Å²) >= 11 is 0. The highest BCUT2D eigenvalue weighted by Gasteiger charge is 2.42. The van der Waals surface area contributed by atoms with Crippen LogP contribution in [0.25, 0.3) is 33.3 Å². The van der Waals surface area contributed by atoms with Crippen LogP contribution >= 0.6 is 0 Å². The molecule has 5 heterocycles. The highest BCUT2D eigenvalue weighted by molar-refractivity contribution is 5.96. The zero-order valence-corrected chi connectivity index (χ0v) is 38.9. The number of pyridine rings is 1. The van der Waals surface area contributed by atoms with Crippen molar-refractivity contribution in [3.8, 4) is 28.1 Å². The fourth-order valence-corrected chi connectivity index (χ4v) is 10.5. The van der Waals surface area contributed by atoms with E-state index >= 15 is 0 Å². The zero-order chi connectivity index (χ0) is 45.6. The van der Waals surface area contributed by atoms with Crippen LogP contribution in [0, 0.1) is 17.3 Å². The maximum absolute atomic E-state index is 14.7. The summed E-state index contributed by atoms with van der Waals surface area (Å²) < 4.78 is 8.48. The number of nitrogens with zero attached hydrogens (tertiary/aromatic N) is 5. The molecule has 0 unspecified atom stereocenters. The molecule has 13 heteroatoms. The number of hydrogen-bond acceptors (Lipinski definition) is 9. The van der Waals surface area contributed by atoms with Crippen molar-refractivity contribution < 1.29 is 29.0 Å². The minimum Gasteiger partial charge on any atom is -0.508 e. The topological polar surface area (TPSA) is 149 Å². The van der Waals surface area contributed by atoms with E-state index in [1.165, 1.54) is 17.9 Å². The number of phenolic OH excluding ortho intramolecular Hbond substituents is 1. The molecular weight excluding hydrogens is 807 g/mol. The summed E-state index contributed by atoms with van der Waals surface area (Å²) in [4.78, 5) is 65.9. The zero-order valence-electron chi connectivity index (χ0n) is 38.9. The molecule has 0 radical (unpaired) electrons. The maximum Gasteiger partial charge on any atom is 0.324 e. The second kappa shape index (κ2) is 18.3. The molecule has 1 saturated carbocycles. The molecule has 4 aliphatic rings. The van der Waals surface area contributed by atoms with E-state index in [1.54, 1.807) is 24.1 Å². The number of rotatable bonds is 9. The normalized spacial score (nSPS) is 22.4. The molecule has 3 aliphatic heterocycles. The Kier molecular flexibility index (Phi) is 13.0. The highest BCUT2D eigenvalue weighted by atomic mass is 16.5. The van der Waals surface area contributed by atoms with Gasteiger partial charge in [0.2, 0.25) is 11.8 Å². The molecule has 2 aromatic carbocycles. The minimum atomic E-state index is -1.09. The van der Waals surface area contributed by atoms with Crippen LogP contribution in [-0.4, -0.2) is 111 Å². The summed E-state index contributed by atoms with van der Waals surface area (Å²) in [6.07, 6.45) is 6.63. The number of aromatic nitrogens is 2. The molecule has 342 valence electrons. The van der Waals surface area contributed by atoms with Crippen LogP contribution in [0.4, 0.5) is 0 Å². The summed E-state index contributed by atoms with van der Waals surface area (Å²) in [5, 5.41) is 16.9. The predicted molar refractivity (Wildman–Crippen MR) is 248 cm³/mol. The van der Waals surface area contributed by atoms with Crippen LogP contribution in [0.1, 0.15) is 103 Å². The first-order valence-electron chi connectivity index (χ1n) is 23.5. The molecule has 3 N–H and O–H groups in total. The van der Waals surface area contributed by atoms with E-state index in [0.29, 0.717) is 44.0 Å². The van der Waals surface area contributed by atoms with E-state index in [4.69, 9.17) is 9.72 Å². The van der Waals surface area contributed by atoms with Crippen LogP contribution in [-0.2, 0) is 43.3 Å². The molecule has 8 rings (SSSR count). The van der Waals surface area contributed by atoms with Crippen molar-refractivity contribution >= 4 is 34.6 Å². The number of carbonyl (C=O) groups is 4. The third kappa shape index (κ3) is 9.29. The van der Waals surface area contributed by atoms with E-state index < -0.39 is 41.3 Å². The summed E-state index contributed by atoms with van der Waals surface area (Å²) in [5.41, 5.74) is 10.3. The molecule has 4 atom stereocenters. The molecule has 4 aromatic rings. The van der Waals surface area contributed by atoms with Crippen molar-refractivity contribution in [2.24, 2.45) is 17.3 Å². The van der Waals surface area contributed by atoms with Gasteiger partial charge in [0.25, 0.3) is 5.91 Å². The first-order valence-corrected chi connectivity index (χ1v) is 23.5. The number of ether oxygens (including phenoxy) is 1. The van der Waals surface area contributed by atoms with Gasteiger partial charge in [-0.15, -0.1) is 0 Å². The third-order valence-electron chi connectivity index (χ3n) is 13.8. The largest absolute Gasteiger partial charge is 0.508 e. The van der Waals surface area contributed by atoms with E-state index in [-0.39, 0.29) is 42.4 Å². The van der Waals surface area contributed by atoms with Gasteiger partial charge >= 0.3 is 5.97 Å². The second-order valence-corrected chi connectivity index (χ2v) is 20.2. The predicted octanol–water partition coefficient (Wildman–Crippen LogP) is 6.83. The SMILES string of the molecule is CCn1c(-c2cccnc2C(C)C)c2c3cc(ccc31)-c1cc(O)cc(c1)C[C@H](NC(=O)[C@H](C(C)C)N(C)C(=O)[C@H]1CCN(C3CC3)C1)C(=O)N1CCC[C@H](N1)C(=O)OCC(C)(C)C2. The van der Waals surface area contributed by atoms with E-state index in [2.05, 4.69) is 79.1 Å². The van der Waals surface area contributed by atoms with Gasteiger partial charge in [-0.3, -0.25) is 34.1 Å². The van der Waals surface area contributed by atoms with Gasteiger partial charge in [0.15, 0.2) is 0 Å². The fourth-order valence-electron chi connectivity index (χ4n) is 10.5. The summed E-state index contributed by atoms with van der Waals surface area (Å²) in [5.74, 6) is -1.56. The van der Waals surface area contributed by atoms with E-state index in [9.17, 15) is 24.3 Å². The number of phenols is 1. The van der Waals surface area contributed by atoms with Crippen molar-refractivity contribution in [2.75, 3.05) is 33.3 Å². The molecular formula is C51H67N7O6. The Labute approximate surface area is 377 Å². The molecule has 0 spiro atoms. The van der Waals surface area contributed by atoms with Gasteiger partial charge in [0, 0.05) is 67.2 Å². The van der Waals surface area contributed by atoms with Crippen LogP contribution in [0.15, 0.2) is 54.7 Å². The van der Waals surface area contributed by atoms with Gasteiger partial charge in [0.1, 0.15) is 23.9 Å². The molecule has 2 saturated heterocycles. The molecule has 6 bridgehead atoms. The number of cyclic esters (lactones) is 1. The first-order chi connectivity index (χ1) is 30.5. The summed E-state index contributed by atoms with van der Waals surface area (Å²) in [7, 11) is 1.70. The second-order valence-electron chi connectivity index (χ2n) is 20.2. The number of likely N-dealkylation sites (tertiary alicyclic amines) is 1. The number of likely N-dealkylation sites (N-methyl/N-ethyl adjacent to an activating group) is 1. The Hall–Kier alpha value is -5.27. The number of aromatic hydroxyl groups is 1. The van der Waals surface area contributed by atoms with Crippen LogP contribution in [0.3, 0.4) is 0 Å². The number of carbonyl (C=O) groups excluding carboxylic acids is 4. The Bertz CT molecular complexity index is 2420. The number of esters is 1. The number of fused-ring (bicyclic) bond motifs is 6. The van der Waals surface area contributed by atoms with Gasteiger partial charge in [-0.1, -0.05) is 53.7 Å². The Morgan fingerprint density at radius 1 is 1.02 bits per heavy atom. The standard InChI is InChI=1S/C51H67N7O6/c1-9-57-43-17-14-33-26-39(43)40(46(57)38-12-10-19-52-44(38)30(2)3)27-51(6,7)29-64-50(63)41-13-11-20-58(54-41)49(62)42(24-32-22-35(33)25-37(59)23-32)53-47(60)45(31(4)5)55(8)48(61)34-18-21-56(28-34)36-15-16-36/h10,12,14,17,19,22-23,25-26,30-31,34,36,41-42,45,54,59H,9,11,13,15-16,18,20-21,24,27-29H2,1-8H3,(H,53,60)/t34-,41-,42-,45-/m0/s1. The lowest BCUT2D eigenvalue weighted by molar-refractivity contribution is -0.155. The van der Waals surface area contributed by atoms with Gasteiger partial charge < -0.3 is 24.6 Å². The summed E-state index contributed by atoms with van der Waals surface area (Å²) in [6.45, 7) is 17.3. The van der Waals surface area contributed by atoms with Crippen molar-refractivity contribution in [2.45, 2.75) is 130 Å². The monoisotopic (exact) mass is 874 g/mol. The lowest BCUT2D eigenvalue weighted by atomic mass is 9.83. The Morgan fingerprint density at radius 2 is 1.80 bits per heavy atom. The van der Waals surface area contributed by atoms with Crippen LogP contribution in [0.2, 0.25) is 0 Å². The molecule has 1 aliphatic carbocycles. The van der Waals surface area contributed by atoms with Crippen molar-refractivity contribution in [3.05, 3.63) is 71.5 Å². The molecule has 2 aromatic heterocycles. The first kappa shape index (κ1) is 45.3. The van der Waals surface area contributed by atoms with Crippen LogP contribution in [0.5, 0.6) is 5.75 Å². The smallest absolute Gasteiger partial charge is 0.324 e. The van der Waals surface area contributed by atoms with Crippen molar-refractivity contribution in [1.82, 2.24) is 35.1 Å². The van der Waals surface area contributed by atoms with E-state index in [0.717, 1.165) is 64.1 Å². The lowest BCUT2D eigenvalue weighted by Crippen LogP contribution is -2.62. The number of nitrogens with one attached hydrogen (secondary N) is 2. The lowest BCUT2D eigenvalue weighted by Gasteiger charge is -2.37. The minimum absolute atomic E-state index is 0.0331. The number of hydrazine groups is 1. The number of aryl methyl sites for hydroxylation is 1. The van der Waals surface area contributed by atoms with Crippen molar-refractivity contribution in [1.29, 1.82) is 0 Å². The molecule has 3 fully saturated rings.